The van der Waals surface area contributed by atoms with Crippen LogP contribution in [0.4, 0.5) is 5.69 Å². The van der Waals surface area contributed by atoms with Crippen LogP contribution in [0.5, 0.6) is 0 Å². The number of nitrogens with one attached hydrogen (secondary N) is 1. The third-order valence-electron chi connectivity index (χ3n) is 4.64. The molecule has 3 aromatic heterocycles. The molecule has 3 aromatic rings. The van der Waals surface area contributed by atoms with Gasteiger partial charge in [-0.05, 0) is 25.0 Å². The first-order valence-electron chi connectivity index (χ1n) is 8.55. The highest BCUT2D eigenvalue weighted by Gasteiger charge is 2.24. The van der Waals surface area contributed by atoms with Gasteiger partial charge in [0.25, 0.3) is 5.56 Å². The number of pyridine rings is 1. The summed E-state index contributed by atoms with van der Waals surface area (Å²) in [7, 11) is 0. The van der Waals surface area contributed by atoms with Gasteiger partial charge in [0, 0.05) is 17.5 Å². The molecule has 0 fully saturated rings. The van der Waals surface area contributed by atoms with Crippen molar-refractivity contribution in [3.63, 3.8) is 0 Å². The van der Waals surface area contributed by atoms with Crippen LogP contribution in [-0.2, 0) is 12.8 Å². The molecular formula is C18H20N6O. The van der Waals surface area contributed by atoms with E-state index in [1.807, 2.05) is 36.9 Å². The quantitative estimate of drug-likeness (QED) is 0.792. The number of anilines is 1. The van der Waals surface area contributed by atoms with Crippen LogP contribution < -0.4 is 10.5 Å². The number of aliphatic imine (C=N–C) groups is 1. The second-order valence-corrected chi connectivity index (χ2v) is 6.07. The first kappa shape index (κ1) is 15.6. The number of aromatic nitrogens is 4. The van der Waals surface area contributed by atoms with E-state index in [4.69, 9.17) is 0 Å². The fraction of sp³-hybridized carbons (Fsp3) is 0.333. The Morgan fingerprint density at radius 1 is 1.28 bits per heavy atom. The number of hydrogen-bond donors (Lipinski definition) is 1. The molecule has 7 heteroatoms. The lowest BCUT2D eigenvalue weighted by atomic mass is 10.1. The molecule has 1 N–H and O–H groups in total. The van der Waals surface area contributed by atoms with Crippen molar-refractivity contribution >= 4 is 17.7 Å². The Kier molecular flexibility index (Phi) is 3.83. The van der Waals surface area contributed by atoms with E-state index in [-0.39, 0.29) is 11.6 Å². The van der Waals surface area contributed by atoms with Crippen molar-refractivity contribution in [1.82, 2.24) is 19.6 Å². The minimum absolute atomic E-state index is 0.0107. The molecule has 25 heavy (non-hydrogen) atoms. The molecule has 0 radical (unpaired) electrons. The summed E-state index contributed by atoms with van der Waals surface area (Å²) in [6.07, 6.45) is 6.77. The summed E-state index contributed by atoms with van der Waals surface area (Å²) in [4.78, 5) is 27.0. The molecule has 7 nitrogen and oxygen atoms in total. The fourth-order valence-corrected chi connectivity index (χ4v) is 3.31. The zero-order valence-corrected chi connectivity index (χ0v) is 14.3. The van der Waals surface area contributed by atoms with Crippen molar-refractivity contribution < 1.29 is 0 Å². The van der Waals surface area contributed by atoms with Gasteiger partial charge in [-0.3, -0.25) is 14.8 Å². The molecule has 1 aliphatic rings. The average molecular weight is 336 g/mol. The van der Waals surface area contributed by atoms with E-state index in [1.165, 1.54) is 4.52 Å². The highest BCUT2D eigenvalue weighted by atomic mass is 16.1. The molecule has 0 aliphatic carbocycles. The van der Waals surface area contributed by atoms with Gasteiger partial charge in [-0.15, -0.1) is 0 Å². The van der Waals surface area contributed by atoms with Crippen molar-refractivity contribution in [3.05, 3.63) is 57.9 Å². The normalized spacial score (nSPS) is 16.9. The van der Waals surface area contributed by atoms with Crippen molar-refractivity contribution in [1.29, 1.82) is 0 Å². The minimum atomic E-state index is -0.0447. The summed E-state index contributed by atoms with van der Waals surface area (Å²) in [6, 6.07) is 5.83. The zero-order valence-electron chi connectivity index (χ0n) is 14.3. The maximum absolute atomic E-state index is 12.7. The highest BCUT2D eigenvalue weighted by molar-refractivity contribution is 5.87. The number of hydrogen-bond acceptors (Lipinski definition) is 5. The standard InChI is InChI=1S/C18H20N6O/c1-3-12-13(4-2)22-17-16(9-21-24(17)18(12)25)23-10-15(20-11-23)14-7-5-6-8-19-14/h5-9,11,15,22H,3-4,10H2,1-2H3. The van der Waals surface area contributed by atoms with Crippen LogP contribution >= 0.6 is 0 Å². The molecule has 0 saturated heterocycles. The van der Waals surface area contributed by atoms with Crippen LogP contribution in [-0.4, -0.2) is 32.5 Å². The Morgan fingerprint density at radius 3 is 2.88 bits per heavy atom. The molecule has 4 heterocycles. The molecule has 128 valence electrons. The predicted octanol–water partition coefficient (Wildman–Crippen LogP) is 2.13. The van der Waals surface area contributed by atoms with E-state index < -0.39 is 0 Å². The van der Waals surface area contributed by atoms with Gasteiger partial charge in [-0.2, -0.15) is 9.61 Å². The summed E-state index contributed by atoms with van der Waals surface area (Å²) in [6.45, 7) is 4.72. The maximum Gasteiger partial charge on any atom is 0.277 e. The van der Waals surface area contributed by atoms with Crippen LogP contribution in [0.15, 0.2) is 40.4 Å². The van der Waals surface area contributed by atoms with E-state index in [1.54, 1.807) is 18.7 Å². The molecule has 0 saturated carbocycles. The number of H-pyrrole nitrogens is 1. The van der Waals surface area contributed by atoms with Gasteiger partial charge in [0.1, 0.15) is 11.7 Å². The van der Waals surface area contributed by atoms with Crippen molar-refractivity contribution in [2.24, 2.45) is 4.99 Å². The molecule has 0 aromatic carbocycles. The lowest BCUT2D eigenvalue weighted by Gasteiger charge is -2.15. The van der Waals surface area contributed by atoms with Gasteiger partial charge in [-0.1, -0.05) is 19.9 Å². The highest BCUT2D eigenvalue weighted by Crippen LogP contribution is 2.27. The molecule has 4 rings (SSSR count). The van der Waals surface area contributed by atoms with Crippen LogP contribution in [0.1, 0.15) is 36.8 Å². The molecule has 1 unspecified atom stereocenters. The van der Waals surface area contributed by atoms with E-state index in [0.717, 1.165) is 29.1 Å². The van der Waals surface area contributed by atoms with Crippen molar-refractivity contribution in [3.8, 4) is 0 Å². The van der Waals surface area contributed by atoms with Crippen LogP contribution in [0.2, 0.25) is 0 Å². The van der Waals surface area contributed by atoms with E-state index in [0.29, 0.717) is 18.6 Å². The number of fused-ring (bicyclic) bond motifs is 1. The second-order valence-electron chi connectivity index (χ2n) is 6.07. The number of rotatable bonds is 4. The topological polar surface area (TPSA) is 78.7 Å². The largest absolute Gasteiger partial charge is 0.341 e. The number of aryl methyl sites for hydroxylation is 1. The SMILES string of the molecule is CCc1[nH]c2c(N3C=NC(c4ccccn4)C3)cnn2c(=O)c1CC. The van der Waals surface area contributed by atoms with Crippen LogP contribution in [0.3, 0.4) is 0 Å². The zero-order chi connectivity index (χ0) is 17.4. The lowest BCUT2D eigenvalue weighted by molar-refractivity contribution is 0.751. The van der Waals surface area contributed by atoms with Gasteiger partial charge in [0.05, 0.1) is 24.8 Å². The summed E-state index contributed by atoms with van der Waals surface area (Å²) >= 11 is 0. The fourth-order valence-electron chi connectivity index (χ4n) is 3.31. The third-order valence-corrected chi connectivity index (χ3v) is 4.64. The first-order chi connectivity index (χ1) is 12.2. The van der Waals surface area contributed by atoms with Gasteiger partial charge >= 0.3 is 0 Å². The Labute approximate surface area is 145 Å². The first-order valence-corrected chi connectivity index (χ1v) is 8.55. The average Bonchev–Trinajstić information content (AvgIpc) is 3.29. The van der Waals surface area contributed by atoms with Gasteiger partial charge in [0.15, 0.2) is 5.65 Å². The predicted molar refractivity (Wildman–Crippen MR) is 97.4 cm³/mol. The number of aromatic amines is 1. The third kappa shape index (κ3) is 2.52. The van der Waals surface area contributed by atoms with Gasteiger partial charge < -0.3 is 9.88 Å². The Bertz CT molecular complexity index is 988. The Morgan fingerprint density at radius 2 is 2.16 bits per heavy atom. The Balaban J connectivity index is 1.73. The molecule has 1 aliphatic heterocycles. The summed E-state index contributed by atoms with van der Waals surface area (Å²) in [5.41, 5.74) is 4.24. The summed E-state index contributed by atoms with van der Waals surface area (Å²) in [5, 5.41) is 4.30. The minimum Gasteiger partial charge on any atom is -0.341 e. The van der Waals surface area contributed by atoms with E-state index in [2.05, 4.69) is 20.1 Å². The maximum atomic E-state index is 12.7. The van der Waals surface area contributed by atoms with Crippen molar-refractivity contribution in [2.45, 2.75) is 32.7 Å². The van der Waals surface area contributed by atoms with Crippen molar-refractivity contribution in [2.75, 3.05) is 11.4 Å². The lowest BCUT2D eigenvalue weighted by Crippen LogP contribution is -2.24. The molecule has 1 atom stereocenters. The molecule has 0 bridgehead atoms. The van der Waals surface area contributed by atoms with Gasteiger partial charge in [-0.25, -0.2) is 0 Å². The second kappa shape index (κ2) is 6.16. The van der Waals surface area contributed by atoms with Crippen LogP contribution in [0.25, 0.3) is 5.65 Å². The monoisotopic (exact) mass is 336 g/mol. The van der Waals surface area contributed by atoms with Crippen LogP contribution in [0, 0.1) is 0 Å². The molecular weight excluding hydrogens is 316 g/mol. The smallest absolute Gasteiger partial charge is 0.277 e. The molecule has 0 spiro atoms. The Hall–Kier alpha value is -2.96. The summed E-state index contributed by atoms with van der Waals surface area (Å²) < 4.78 is 1.45. The summed E-state index contributed by atoms with van der Waals surface area (Å²) in [5.74, 6) is 0. The molecule has 0 amide bonds. The number of nitrogens with zero attached hydrogens (tertiary/aromatic N) is 5. The van der Waals surface area contributed by atoms with E-state index >= 15 is 0 Å². The van der Waals surface area contributed by atoms with E-state index in [9.17, 15) is 4.79 Å². The van der Waals surface area contributed by atoms with Gasteiger partial charge in [0.2, 0.25) is 0 Å².